The lowest BCUT2D eigenvalue weighted by molar-refractivity contribution is -0.126. The standard InChI is InChI=1S/C11H22ClNO3/c1-9(2)6-10(12)7-13-11(14)8-16-5-4-15-3/h9-10H,4-8H2,1-3H3,(H,13,14). The SMILES string of the molecule is COCCOCC(=O)NCC(Cl)CC(C)C. The lowest BCUT2D eigenvalue weighted by Crippen LogP contribution is -2.33. The summed E-state index contributed by atoms with van der Waals surface area (Å²) < 4.78 is 9.86. The minimum Gasteiger partial charge on any atom is -0.382 e. The molecule has 4 nitrogen and oxygen atoms in total. The zero-order chi connectivity index (χ0) is 12.4. The third-order valence-corrected chi connectivity index (χ3v) is 2.25. The van der Waals surface area contributed by atoms with Gasteiger partial charge < -0.3 is 14.8 Å². The van der Waals surface area contributed by atoms with Crippen LogP contribution in [0.2, 0.25) is 0 Å². The fraction of sp³-hybridized carbons (Fsp3) is 0.909. The largest absolute Gasteiger partial charge is 0.382 e. The highest BCUT2D eigenvalue weighted by atomic mass is 35.5. The minimum atomic E-state index is -0.134. The van der Waals surface area contributed by atoms with E-state index < -0.39 is 0 Å². The number of carbonyl (C=O) groups excluding carboxylic acids is 1. The zero-order valence-corrected chi connectivity index (χ0v) is 11.0. The van der Waals surface area contributed by atoms with Gasteiger partial charge in [-0.3, -0.25) is 4.79 Å². The number of nitrogens with one attached hydrogen (secondary N) is 1. The third-order valence-electron chi connectivity index (χ3n) is 1.91. The van der Waals surface area contributed by atoms with Crippen LogP contribution in [-0.2, 0) is 14.3 Å². The van der Waals surface area contributed by atoms with Crippen molar-refractivity contribution in [3.8, 4) is 0 Å². The second kappa shape index (κ2) is 9.87. The lowest BCUT2D eigenvalue weighted by atomic mass is 10.1. The molecule has 0 rings (SSSR count). The first kappa shape index (κ1) is 15.7. The van der Waals surface area contributed by atoms with Crippen LogP contribution in [0, 0.1) is 5.92 Å². The van der Waals surface area contributed by atoms with Crippen molar-refractivity contribution < 1.29 is 14.3 Å². The highest BCUT2D eigenvalue weighted by Gasteiger charge is 2.09. The molecule has 1 amide bonds. The fourth-order valence-corrected chi connectivity index (χ4v) is 1.61. The summed E-state index contributed by atoms with van der Waals surface area (Å²) in [6, 6.07) is 0. The van der Waals surface area contributed by atoms with Gasteiger partial charge in [-0.25, -0.2) is 0 Å². The van der Waals surface area contributed by atoms with E-state index in [1.165, 1.54) is 0 Å². The van der Waals surface area contributed by atoms with Crippen LogP contribution >= 0.6 is 11.6 Å². The molecule has 0 saturated heterocycles. The van der Waals surface area contributed by atoms with Gasteiger partial charge in [0.1, 0.15) is 6.61 Å². The Labute approximate surface area is 103 Å². The summed E-state index contributed by atoms with van der Waals surface area (Å²) in [5, 5.41) is 2.72. The summed E-state index contributed by atoms with van der Waals surface area (Å²) in [5.41, 5.74) is 0. The van der Waals surface area contributed by atoms with E-state index in [9.17, 15) is 4.79 Å². The summed E-state index contributed by atoms with van der Waals surface area (Å²) in [5.74, 6) is 0.405. The van der Waals surface area contributed by atoms with Gasteiger partial charge in [0.05, 0.1) is 18.6 Å². The molecule has 96 valence electrons. The van der Waals surface area contributed by atoms with E-state index in [0.29, 0.717) is 25.7 Å². The Morgan fingerprint density at radius 2 is 2.06 bits per heavy atom. The lowest BCUT2D eigenvalue weighted by Gasteiger charge is -2.12. The van der Waals surface area contributed by atoms with E-state index in [-0.39, 0.29) is 17.9 Å². The van der Waals surface area contributed by atoms with Crippen LogP contribution in [0.1, 0.15) is 20.3 Å². The van der Waals surface area contributed by atoms with Gasteiger partial charge in [-0.15, -0.1) is 11.6 Å². The van der Waals surface area contributed by atoms with Crippen LogP contribution in [0.4, 0.5) is 0 Å². The molecule has 0 fully saturated rings. The number of hydrogen-bond donors (Lipinski definition) is 1. The monoisotopic (exact) mass is 251 g/mol. The van der Waals surface area contributed by atoms with Crippen LogP contribution in [0.25, 0.3) is 0 Å². The van der Waals surface area contributed by atoms with E-state index >= 15 is 0 Å². The van der Waals surface area contributed by atoms with Crippen molar-refractivity contribution in [1.29, 1.82) is 0 Å². The van der Waals surface area contributed by atoms with Gasteiger partial charge in [0.25, 0.3) is 0 Å². The van der Waals surface area contributed by atoms with Crippen molar-refractivity contribution in [2.24, 2.45) is 5.92 Å². The highest BCUT2D eigenvalue weighted by Crippen LogP contribution is 2.09. The fourth-order valence-electron chi connectivity index (χ4n) is 1.18. The number of hydrogen-bond acceptors (Lipinski definition) is 3. The summed E-state index contributed by atoms with van der Waals surface area (Å²) >= 11 is 6.03. The molecule has 0 aliphatic rings. The molecule has 0 aliphatic heterocycles. The molecular weight excluding hydrogens is 230 g/mol. The second-order valence-corrected chi connectivity index (χ2v) is 4.69. The summed E-state index contributed by atoms with van der Waals surface area (Å²) in [6.45, 7) is 5.69. The number of methoxy groups -OCH3 is 1. The second-order valence-electron chi connectivity index (χ2n) is 4.08. The van der Waals surface area contributed by atoms with Gasteiger partial charge >= 0.3 is 0 Å². The Morgan fingerprint density at radius 3 is 2.62 bits per heavy atom. The molecule has 0 heterocycles. The van der Waals surface area contributed by atoms with E-state index in [0.717, 1.165) is 6.42 Å². The molecule has 0 saturated carbocycles. The molecule has 0 radical (unpaired) electrons. The average molecular weight is 252 g/mol. The first-order valence-corrected chi connectivity index (χ1v) is 5.97. The van der Waals surface area contributed by atoms with E-state index in [2.05, 4.69) is 19.2 Å². The van der Waals surface area contributed by atoms with Gasteiger partial charge in [0.15, 0.2) is 0 Å². The van der Waals surface area contributed by atoms with Gasteiger partial charge in [-0.1, -0.05) is 13.8 Å². The van der Waals surface area contributed by atoms with Crippen molar-refractivity contribution in [3.63, 3.8) is 0 Å². The molecule has 0 aromatic rings. The number of ether oxygens (including phenoxy) is 2. The molecule has 0 aliphatic carbocycles. The minimum absolute atomic E-state index is 0.0112. The third kappa shape index (κ3) is 10.2. The molecule has 1 unspecified atom stereocenters. The number of carbonyl (C=O) groups is 1. The topological polar surface area (TPSA) is 47.6 Å². The number of halogens is 1. The molecule has 16 heavy (non-hydrogen) atoms. The molecule has 1 atom stereocenters. The van der Waals surface area contributed by atoms with Crippen molar-refractivity contribution >= 4 is 17.5 Å². The average Bonchev–Trinajstić information content (AvgIpc) is 2.20. The predicted octanol–water partition coefficient (Wildman–Crippen LogP) is 1.42. The van der Waals surface area contributed by atoms with Gasteiger partial charge in [-0.05, 0) is 12.3 Å². The van der Waals surface area contributed by atoms with Crippen LogP contribution in [0.5, 0.6) is 0 Å². The zero-order valence-electron chi connectivity index (χ0n) is 10.3. The van der Waals surface area contributed by atoms with Crippen molar-refractivity contribution in [2.45, 2.75) is 25.6 Å². The Morgan fingerprint density at radius 1 is 1.38 bits per heavy atom. The smallest absolute Gasteiger partial charge is 0.246 e. The maximum Gasteiger partial charge on any atom is 0.246 e. The number of alkyl halides is 1. The Hall–Kier alpha value is -0.320. The maximum atomic E-state index is 11.3. The molecular formula is C11H22ClNO3. The predicted molar refractivity (Wildman–Crippen MR) is 64.8 cm³/mol. The first-order valence-electron chi connectivity index (χ1n) is 5.53. The van der Waals surface area contributed by atoms with Gasteiger partial charge in [0.2, 0.25) is 5.91 Å². The van der Waals surface area contributed by atoms with Crippen molar-refractivity contribution in [1.82, 2.24) is 5.32 Å². The Bertz CT molecular complexity index is 188. The van der Waals surface area contributed by atoms with Crippen LogP contribution in [0.15, 0.2) is 0 Å². The molecule has 5 heteroatoms. The highest BCUT2D eigenvalue weighted by molar-refractivity contribution is 6.20. The van der Waals surface area contributed by atoms with Crippen LogP contribution in [0.3, 0.4) is 0 Å². The summed E-state index contributed by atoms with van der Waals surface area (Å²) in [6.07, 6.45) is 0.895. The first-order chi connectivity index (χ1) is 7.56. The molecule has 0 spiro atoms. The molecule has 1 N–H and O–H groups in total. The van der Waals surface area contributed by atoms with E-state index in [1.807, 2.05) is 0 Å². The summed E-state index contributed by atoms with van der Waals surface area (Å²) in [7, 11) is 1.59. The van der Waals surface area contributed by atoms with E-state index in [1.54, 1.807) is 7.11 Å². The molecule has 0 aromatic heterocycles. The van der Waals surface area contributed by atoms with Crippen LogP contribution in [-0.4, -0.2) is 44.8 Å². The van der Waals surface area contributed by atoms with Crippen molar-refractivity contribution in [3.05, 3.63) is 0 Å². The maximum absolute atomic E-state index is 11.3. The van der Waals surface area contributed by atoms with E-state index in [4.69, 9.17) is 21.1 Å². The molecule has 0 bridgehead atoms. The van der Waals surface area contributed by atoms with Gasteiger partial charge in [0, 0.05) is 13.7 Å². The Kier molecular flexibility index (Phi) is 9.68. The quantitative estimate of drug-likeness (QED) is 0.498. The van der Waals surface area contributed by atoms with Crippen molar-refractivity contribution in [2.75, 3.05) is 33.5 Å². The van der Waals surface area contributed by atoms with Gasteiger partial charge in [-0.2, -0.15) is 0 Å². The Balaban J connectivity index is 3.42. The van der Waals surface area contributed by atoms with Crippen LogP contribution < -0.4 is 5.32 Å². The molecule has 0 aromatic carbocycles. The number of amides is 1. The summed E-state index contributed by atoms with van der Waals surface area (Å²) in [4.78, 5) is 11.3. The number of rotatable bonds is 9. The normalized spacial score (nSPS) is 12.8.